The molecular weight excluding hydrogens is 719 g/mol. The molecule has 5 nitrogen and oxygen atoms in total. The topological polar surface area (TPSA) is 61.7 Å². The van der Waals surface area contributed by atoms with Gasteiger partial charge < -0.3 is 14.9 Å². The number of hydrogen-bond donors (Lipinski definition) is 1. The minimum absolute atomic E-state index is 0.769. The molecular formula is C54H43N5. The number of pyridine rings is 2. The lowest BCUT2D eigenvalue weighted by atomic mass is 9.92. The van der Waals surface area contributed by atoms with Gasteiger partial charge >= 0.3 is 0 Å². The monoisotopic (exact) mass is 761 g/mol. The molecule has 0 saturated carbocycles. The summed E-state index contributed by atoms with van der Waals surface area (Å²) in [6, 6.07) is 56.9. The molecule has 0 spiro atoms. The van der Waals surface area contributed by atoms with Gasteiger partial charge in [0.2, 0.25) is 0 Å². The minimum Gasteiger partial charge on any atom is -0.398 e. The van der Waals surface area contributed by atoms with Crippen LogP contribution in [-0.2, 0) is 6.42 Å². The van der Waals surface area contributed by atoms with Gasteiger partial charge in [-0.3, -0.25) is 9.97 Å². The van der Waals surface area contributed by atoms with Gasteiger partial charge in [-0.05, 0) is 138 Å². The van der Waals surface area contributed by atoms with Crippen LogP contribution < -0.4 is 5.73 Å². The average molecular weight is 762 g/mol. The highest BCUT2D eigenvalue weighted by atomic mass is 15.0. The Morgan fingerprint density at radius 2 is 1.07 bits per heavy atom. The van der Waals surface area contributed by atoms with E-state index in [4.69, 9.17) is 15.7 Å². The first kappa shape index (κ1) is 35.9. The van der Waals surface area contributed by atoms with Crippen molar-refractivity contribution < 1.29 is 0 Å². The van der Waals surface area contributed by atoms with Gasteiger partial charge in [-0.25, -0.2) is 0 Å². The summed E-state index contributed by atoms with van der Waals surface area (Å²) in [6.45, 7) is 4.26. The van der Waals surface area contributed by atoms with Crippen molar-refractivity contribution in [2.75, 3.05) is 0 Å². The van der Waals surface area contributed by atoms with E-state index in [1.54, 1.807) is 0 Å². The number of nitrogens with two attached hydrogens (primary N) is 1. The molecule has 5 heteroatoms. The second-order valence-corrected chi connectivity index (χ2v) is 15.2. The van der Waals surface area contributed by atoms with Crippen molar-refractivity contribution in [3.8, 4) is 33.6 Å². The molecule has 0 aliphatic heterocycles. The number of aryl methyl sites for hydroxylation is 1. The van der Waals surface area contributed by atoms with Gasteiger partial charge in [0.05, 0.1) is 33.1 Å². The Morgan fingerprint density at radius 3 is 1.61 bits per heavy atom. The Kier molecular flexibility index (Phi) is 9.19. The van der Waals surface area contributed by atoms with E-state index < -0.39 is 0 Å². The molecule has 0 radical (unpaired) electrons. The highest BCUT2D eigenvalue weighted by molar-refractivity contribution is 6.08. The molecule has 0 amide bonds. The Hall–Kier alpha value is -7.50. The number of hydrogen-bond acceptors (Lipinski definition) is 3. The van der Waals surface area contributed by atoms with Crippen LogP contribution in [0.3, 0.4) is 0 Å². The standard InChI is InChI=1S/C54H43N5/c1-3-4-5-14-48(55)47-34-37(20-19-36(47)2)31-38-32-41(39-21-25-43(26-22-39)58-49-15-8-6-12-45(49)53-51(58)17-10-29-56-53)35-42(33-38)40-23-27-44(28-24-40)59-50-16-9-7-13-46(50)54-52(59)18-11-30-57-54/h4-30,32-35H,3,31,55H2,1-2H3/b5-4-,48-14-. The zero-order valence-corrected chi connectivity index (χ0v) is 33.2. The summed E-state index contributed by atoms with van der Waals surface area (Å²) in [5.41, 5.74) is 25.5. The van der Waals surface area contributed by atoms with Gasteiger partial charge in [0.25, 0.3) is 0 Å². The van der Waals surface area contributed by atoms with Crippen molar-refractivity contribution in [1.29, 1.82) is 0 Å². The fourth-order valence-electron chi connectivity index (χ4n) is 8.58. The number of para-hydroxylation sites is 2. The molecule has 284 valence electrons. The molecule has 10 rings (SSSR count). The number of benzene rings is 6. The summed E-state index contributed by atoms with van der Waals surface area (Å²) in [7, 11) is 0. The molecule has 0 unspecified atom stereocenters. The van der Waals surface area contributed by atoms with Crippen LogP contribution in [0.5, 0.6) is 0 Å². The quantitative estimate of drug-likeness (QED) is 0.149. The minimum atomic E-state index is 0.769. The maximum Gasteiger partial charge on any atom is 0.0963 e. The molecule has 4 heterocycles. The highest BCUT2D eigenvalue weighted by Gasteiger charge is 2.15. The van der Waals surface area contributed by atoms with Crippen LogP contribution >= 0.6 is 0 Å². The largest absolute Gasteiger partial charge is 0.398 e. The van der Waals surface area contributed by atoms with E-state index in [1.165, 1.54) is 27.8 Å². The summed E-state index contributed by atoms with van der Waals surface area (Å²) >= 11 is 0. The first-order chi connectivity index (χ1) is 29.0. The number of rotatable bonds is 9. The smallest absolute Gasteiger partial charge is 0.0963 e. The number of fused-ring (bicyclic) bond motifs is 6. The summed E-state index contributed by atoms with van der Waals surface area (Å²) in [4.78, 5) is 9.50. The number of nitrogens with zero attached hydrogens (tertiary/aromatic N) is 4. The maximum absolute atomic E-state index is 6.62. The maximum atomic E-state index is 6.62. The lowest BCUT2D eigenvalue weighted by molar-refractivity contribution is 1.17. The third kappa shape index (κ3) is 6.57. The van der Waals surface area contributed by atoms with Gasteiger partial charge in [-0.2, -0.15) is 0 Å². The van der Waals surface area contributed by atoms with Gasteiger partial charge in [-0.1, -0.05) is 104 Å². The van der Waals surface area contributed by atoms with E-state index in [9.17, 15) is 0 Å². The van der Waals surface area contributed by atoms with Crippen LogP contribution in [0, 0.1) is 6.92 Å². The first-order valence-electron chi connectivity index (χ1n) is 20.3. The molecule has 4 aromatic heterocycles. The van der Waals surface area contributed by atoms with E-state index >= 15 is 0 Å². The van der Waals surface area contributed by atoms with E-state index in [-0.39, 0.29) is 0 Å². The Labute approximate surface area is 344 Å². The fraction of sp³-hybridized carbons (Fsp3) is 0.0741. The third-order valence-corrected chi connectivity index (χ3v) is 11.4. The summed E-state index contributed by atoms with van der Waals surface area (Å²) < 4.78 is 4.62. The fourth-order valence-corrected chi connectivity index (χ4v) is 8.58. The lowest BCUT2D eigenvalue weighted by Gasteiger charge is -2.14. The molecule has 59 heavy (non-hydrogen) atoms. The van der Waals surface area contributed by atoms with E-state index in [0.717, 1.165) is 90.5 Å². The summed E-state index contributed by atoms with van der Waals surface area (Å²) in [5.74, 6) is 0. The van der Waals surface area contributed by atoms with Gasteiger partial charge in [0.15, 0.2) is 0 Å². The molecule has 0 fully saturated rings. The highest BCUT2D eigenvalue weighted by Crippen LogP contribution is 2.35. The average Bonchev–Trinajstić information content (AvgIpc) is 3.80. The zero-order chi connectivity index (χ0) is 39.9. The lowest BCUT2D eigenvalue weighted by Crippen LogP contribution is -2.00. The number of aromatic nitrogens is 4. The normalized spacial score (nSPS) is 12.1. The Morgan fingerprint density at radius 1 is 0.542 bits per heavy atom. The zero-order valence-electron chi connectivity index (χ0n) is 33.2. The molecule has 2 N–H and O–H groups in total. The predicted octanol–water partition coefficient (Wildman–Crippen LogP) is 13.2. The SMILES string of the molecule is CC/C=C\C=C(/N)c1cc(Cc2cc(-c3ccc(-n4c5ccccc5c5ncccc54)cc3)cc(-c3ccc(-n4c5ccccc5c5ncccc54)cc3)c2)ccc1C. The van der Waals surface area contributed by atoms with Crippen LogP contribution in [0.2, 0.25) is 0 Å². The summed E-state index contributed by atoms with van der Waals surface area (Å²) in [6.07, 6.45) is 11.7. The van der Waals surface area contributed by atoms with Crippen molar-refractivity contribution in [2.24, 2.45) is 5.73 Å². The van der Waals surface area contributed by atoms with Crippen LogP contribution in [0.1, 0.15) is 35.6 Å². The van der Waals surface area contributed by atoms with Crippen molar-refractivity contribution >= 4 is 49.6 Å². The first-order valence-corrected chi connectivity index (χ1v) is 20.3. The van der Waals surface area contributed by atoms with Crippen LogP contribution in [0.4, 0.5) is 0 Å². The second kappa shape index (κ2) is 15.1. The Balaban J connectivity index is 1.06. The van der Waals surface area contributed by atoms with Crippen molar-refractivity contribution in [1.82, 2.24) is 19.1 Å². The van der Waals surface area contributed by atoms with Crippen molar-refractivity contribution in [3.05, 3.63) is 211 Å². The molecule has 0 atom stereocenters. The molecule has 0 saturated heterocycles. The second-order valence-electron chi connectivity index (χ2n) is 15.2. The van der Waals surface area contributed by atoms with Crippen LogP contribution in [0.25, 0.3) is 83.2 Å². The van der Waals surface area contributed by atoms with E-state index in [1.807, 2.05) is 36.7 Å². The van der Waals surface area contributed by atoms with Gasteiger partial charge in [0.1, 0.15) is 0 Å². The molecule has 10 aromatic rings. The molecule has 0 aliphatic carbocycles. The van der Waals surface area contributed by atoms with Crippen molar-refractivity contribution in [2.45, 2.75) is 26.7 Å². The van der Waals surface area contributed by atoms with Gasteiger partial charge in [0, 0.05) is 45.8 Å². The molecule has 0 aliphatic rings. The van der Waals surface area contributed by atoms with E-state index in [2.05, 4.69) is 175 Å². The number of allylic oxidation sites excluding steroid dienone is 3. The summed E-state index contributed by atoms with van der Waals surface area (Å²) in [5, 5.41) is 2.30. The van der Waals surface area contributed by atoms with E-state index in [0.29, 0.717) is 0 Å². The van der Waals surface area contributed by atoms with Crippen LogP contribution in [0.15, 0.2) is 188 Å². The molecule has 0 bridgehead atoms. The van der Waals surface area contributed by atoms with Gasteiger partial charge in [-0.15, -0.1) is 0 Å². The van der Waals surface area contributed by atoms with Crippen LogP contribution in [-0.4, -0.2) is 19.1 Å². The third-order valence-electron chi connectivity index (χ3n) is 11.4. The predicted molar refractivity (Wildman–Crippen MR) is 247 cm³/mol. The Bertz CT molecular complexity index is 2950. The van der Waals surface area contributed by atoms with Crippen molar-refractivity contribution in [3.63, 3.8) is 0 Å². The molecule has 6 aromatic carbocycles.